The number of hydrogen-bond acceptors (Lipinski definition) is 8. The summed E-state index contributed by atoms with van der Waals surface area (Å²) in [6.07, 6.45) is 7.95. The molecule has 0 spiro atoms. The number of ether oxygens (including phenoxy) is 1. The Labute approximate surface area is 219 Å². The number of aldehydes is 1. The first-order valence-corrected chi connectivity index (χ1v) is 12.8. The SMILES string of the molecule is CCN(C)/N=C\c1c(C=O)nc(N2CC(C)OC(c3cnn(C4CC4)c3)C2)nc1-c1ccc(Cl)cc1F. The average Bonchev–Trinajstić information content (AvgIpc) is 3.62. The fourth-order valence-corrected chi connectivity index (χ4v) is 4.47. The van der Waals surface area contributed by atoms with Crippen LogP contribution in [0.1, 0.15) is 60.5 Å². The summed E-state index contributed by atoms with van der Waals surface area (Å²) in [5, 5.41) is 10.8. The van der Waals surface area contributed by atoms with Crippen molar-refractivity contribution in [3.05, 3.63) is 58.3 Å². The molecule has 37 heavy (non-hydrogen) atoms. The van der Waals surface area contributed by atoms with Gasteiger partial charge >= 0.3 is 0 Å². The van der Waals surface area contributed by atoms with E-state index in [4.69, 9.17) is 21.3 Å². The molecule has 1 saturated carbocycles. The highest BCUT2D eigenvalue weighted by molar-refractivity contribution is 6.30. The Morgan fingerprint density at radius 2 is 2.11 bits per heavy atom. The summed E-state index contributed by atoms with van der Waals surface area (Å²) in [5.41, 5.74) is 1.92. The third-order valence-electron chi connectivity index (χ3n) is 6.56. The van der Waals surface area contributed by atoms with Crippen molar-refractivity contribution in [3.63, 3.8) is 0 Å². The van der Waals surface area contributed by atoms with E-state index in [1.807, 2.05) is 35.8 Å². The van der Waals surface area contributed by atoms with E-state index in [0.717, 1.165) is 18.4 Å². The predicted octanol–water partition coefficient (Wildman–Crippen LogP) is 4.53. The summed E-state index contributed by atoms with van der Waals surface area (Å²) >= 11 is 6.00. The van der Waals surface area contributed by atoms with Crippen LogP contribution >= 0.6 is 11.6 Å². The molecule has 0 amide bonds. The first-order valence-electron chi connectivity index (χ1n) is 12.4. The van der Waals surface area contributed by atoms with Gasteiger partial charge in [0, 0.05) is 42.5 Å². The number of carbonyl (C=O) groups is 1. The van der Waals surface area contributed by atoms with Crippen molar-refractivity contribution in [3.8, 4) is 11.3 Å². The van der Waals surface area contributed by atoms with Crippen LogP contribution in [-0.4, -0.2) is 70.0 Å². The quantitative estimate of drug-likeness (QED) is 0.242. The lowest BCUT2D eigenvalue weighted by molar-refractivity contribution is -0.0179. The number of halogens is 2. The summed E-state index contributed by atoms with van der Waals surface area (Å²) in [7, 11) is 1.80. The van der Waals surface area contributed by atoms with E-state index in [-0.39, 0.29) is 34.2 Å². The first-order chi connectivity index (χ1) is 17.9. The lowest BCUT2D eigenvalue weighted by Gasteiger charge is -2.36. The summed E-state index contributed by atoms with van der Waals surface area (Å²) in [6, 6.07) is 4.84. The van der Waals surface area contributed by atoms with Crippen LogP contribution in [0.25, 0.3) is 11.3 Å². The minimum absolute atomic E-state index is 0.124. The third kappa shape index (κ3) is 5.50. The van der Waals surface area contributed by atoms with Crippen molar-refractivity contribution in [2.45, 2.75) is 44.9 Å². The second-order valence-corrected chi connectivity index (χ2v) is 9.89. The van der Waals surface area contributed by atoms with Gasteiger partial charge in [-0.2, -0.15) is 10.2 Å². The summed E-state index contributed by atoms with van der Waals surface area (Å²) in [5.74, 6) is -0.226. The van der Waals surface area contributed by atoms with Gasteiger partial charge in [0.1, 0.15) is 17.6 Å². The molecule has 0 radical (unpaired) electrons. The molecule has 194 valence electrons. The van der Waals surface area contributed by atoms with Crippen LogP contribution in [0.2, 0.25) is 5.02 Å². The number of aromatic nitrogens is 4. The van der Waals surface area contributed by atoms with Crippen LogP contribution in [0.5, 0.6) is 0 Å². The molecule has 0 bridgehead atoms. The number of hydrazone groups is 1. The summed E-state index contributed by atoms with van der Waals surface area (Å²) in [6.45, 7) is 5.56. The minimum Gasteiger partial charge on any atom is -0.367 e. The molecule has 1 aliphatic heterocycles. The topological polar surface area (TPSA) is 88.7 Å². The molecule has 1 aliphatic carbocycles. The Kier molecular flexibility index (Phi) is 7.21. The summed E-state index contributed by atoms with van der Waals surface area (Å²) in [4.78, 5) is 23.5. The number of anilines is 1. The highest BCUT2D eigenvalue weighted by Gasteiger charge is 2.32. The van der Waals surface area contributed by atoms with E-state index in [9.17, 15) is 4.79 Å². The number of rotatable bonds is 8. The highest BCUT2D eigenvalue weighted by atomic mass is 35.5. The Morgan fingerprint density at radius 1 is 1.30 bits per heavy atom. The molecule has 1 aromatic carbocycles. The Hall–Kier alpha value is -3.37. The molecule has 11 heteroatoms. The number of benzene rings is 1. The van der Waals surface area contributed by atoms with Crippen LogP contribution in [0.3, 0.4) is 0 Å². The zero-order valence-corrected chi connectivity index (χ0v) is 21.8. The molecular weight excluding hydrogens is 497 g/mol. The van der Waals surface area contributed by atoms with E-state index < -0.39 is 5.82 Å². The van der Waals surface area contributed by atoms with Crippen LogP contribution in [0.15, 0.2) is 35.7 Å². The van der Waals surface area contributed by atoms with Gasteiger partial charge in [-0.3, -0.25) is 9.48 Å². The van der Waals surface area contributed by atoms with Crippen molar-refractivity contribution in [2.75, 3.05) is 31.6 Å². The van der Waals surface area contributed by atoms with Gasteiger partial charge in [-0.1, -0.05) is 11.6 Å². The molecule has 9 nitrogen and oxygen atoms in total. The molecule has 2 unspecified atom stereocenters. The fraction of sp³-hybridized carbons (Fsp3) is 0.423. The fourth-order valence-electron chi connectivity index (χ4n) is 4.31. The molecule has 3 aromatic rings. The van der Waals surface area contributed by atoms with Gasteiger partial charge in [0.25, 0.3) is 0 Å². The minimum atomic E-state index is -0.548. The molecular formula is C26H29ClFN7O2. The second-order valence-electron chi connectivity index (χ2n) is 9.46. The van der Waals surface area contributed by atoms with Gasteiger partial charge in [-0.25, -0.2) is 14.4 Å². The van der Waals surface area contributed by atoms with Crippen molar-refractivity contribution in [1.29, 1.82) is 0 Å². The van der Waals surface area contributed by atoms with Crippen molar-refractivity contribution < 1.29 is 13.9 Å². The van der Waals surface area contributed by atoms with E-state index in [1.165, 1.54) is 12.3 Å². The van der Waals surface area contributed by atoms with Gasteiger partial charge in [0.05, 0.1) is 42.4 Å². The van der Waals surface area contributed by atoms with Crippen LogP contribution in [-0.2, 0) is 4.74 Å². The first kappa shape index (κ1) is 25.3. The molecule has 1 saturated heterocycles. The normalized spacial score (nSPS) is 20.0. The number of carbonyl (C=O) groups excluding carboxylic acids is 1. The third-order valence-corrected chi connectivity index (χ3v) is 6.80. The number of hydrogen-bond donors (Lipinski definition) is 0. The standard InChI is InChI=1S/C26H29ClFN7O2/c1-4-33(3)29-11-21-23(15-36)31-26(32-25(21)20-8-5-18(27)9-22(20)28)34-12-16(2)37-24(14-34)17-10-30-35(13-17)19-6-7-19/h5,8-11,13,15-16,19,24H,4,6-7,12,14H2,1-3H3/b29-11-. The van der Waals surface area contributed by atoms with Crippen LogP contribution in [0, 0.1) is 5.82 Å². The smallest absolute Gasteiger partial charge is 0.226 e. The maximum absolute atomic E-state index is 15.1. The Bertz CT molecular complexity index is 1330. The van der Waals surface area contributed by atoms with Crippen LogP contribution < -0.4 is 4.90 Å². The van der Waals surface area contributed by atoms with Gasteiger partial charge in [-0.05, 0) is 44.9 Å². The van der Waals surface area contributed by atoms with E-state index >= 15 is 4.39 Å². The van der Waals surface area contributed by atoms with E-state index in [0.29, 0.717) is 43.5 Å². The Morgan fingerprint density at radius 3 is 2.81 bits per heavy atom. The van der Waals surface area contributed by atoms with Crippen molar-refractivity contribution in [2.24, 2.45) is 5.10 Å². The van der Waals surface area contributed by atoms with E-state index in [1.54, 1.807) is 24.2 Å². The van der Waals surface area contributed by atoms with Crippen molar-refractivity contribution in [1.82, 2.24) is 24.8 Å². The molecule has 5 rings (SSSR count). The molecule has 3 heterocycles. The van der Waals surface area contributed by atoms with Gasteiger partial charge in [0.15, 0.2) is 6.29 Å². The number of morpholine rings is 1. The van der Waals surface area contributed by atoms with Gasteiger partial charge in [-0.15, -0.1) is 0 Å². The lowest BCUT2D eigenvalue weighted by Crippen LogP contribution is -2.43. The zero-order valence-electron chi connectivity index (χ0n) is 21.0. The lowest BCUT2D eigenvalue weighted by atomic mass is 10.0. The molecule has 2 atom stereocenters. The van der Waals surface area contributed by atoms with Gasteiger partial charge < -0.3 is 14.6 Å². The zero-order chi connectivity index (χ0) is 26.1. The van der Waals surface area contributed by atoms with Gasteiger partial charge in [0.2, 0.25) is 5.95 Å². The largest absolute Gasteiger partial charge is 0.367 e. The number of nitrogens with zero attached hydrogens (tertiary/aromatic N) is 7. The molecule has 2 aliphatic rings. The monoisotopic (exact) mass is 525 g/mol. The van der Waals surface area contributed by atoms with E-state index in [2.05, 4.69) is 15.2 Å². The Balaban J connectivity index is 1.55. The maximum Gasteiger partial charge on any atom is 0.226 e. The molecule has 2 fully saturated rings. The maximum atomic E-state index is 15.1. The van der Waals surface area contributed by atoms with Crippen molar-refractivity contribution >= 4 is 30.1 Å². The molecule has 0 N–H and O–H groups in total. The average molecular weight is 526 g/mol. The summed E-state index contributed by atoms with van der Waals surface area (Å²) < 4.78 is 23.3. The molecule has 2 aromatic heterocycles. The highest BCUT2D eigenvalue weighted by Crippen LogP contribution is 2.36. The second kappa shape index (κ2) is 10.5. The van der Waals surface area contributed by atoms with Crippen LogP contribution in [0.4, 0.5) is 10.3 Å². The predicted molar refractivity (Wildman–Crippen MR) is 140 cm³/mol.